The van der Waals surface area contributed by atoms with Crippen molar-refractivity contribution in [2.24, 2.45) is 0 Å². The van der Waals surface area contributed by atoms with E-state index in [0.29, 0.717) is 26.2 Å². The quantitative estimate of drug-likeness (QED) is 0.588. The van der Waals surface area contributed by atoms with Crippen molar-refractivity contribution in [3.05, 3.63) is 27.0 Å². The van der Waals surface area contributed by atoms with E-state index in [2.05, 4.69) is 10.3 Å². The van der Waals surface area contributed by atoms with Crippen molar-refractivity contribution in [2.75, 3.05) is 26.2 Å². The van der Waals surface area contributed by atoms with Gasteiger partial charge in [-0.25, -0.2) is 13.2 Å². The van der Waals surface area contributed by atoms with E-state index in [1.54, 1.807) is 0 Å². The molecule has 0 unspecified atom stereocenters. The van der Waals surface area contributed by atoms with Crippen LogP contribution in [0.4, 0.5) is 0 Å². The molecule has 10 heteroatoms. The molecular weight excluding hydrogens is 284 g/mol. The number of aromatic nitrogens is 2. The van der Waals surface area contributed by atoms with Crippen LogP contribution in [0.3, 0.4) is 0 Å². The summed E-state index contributed by atoms with van der Waals surface area (Å²) in [5.74, 6) is 0. The second kappa shape index (κ2) is 5.65. The minimum atomic E-state index is -3.83. The molecule has 1 aliphatic heterocycles. The van der Waals surface area contributed by atoms with Crippen molar-refractivity contribution in [1.29, 1.82) is 0 Å². The first kappa shape index (κ1) is 14.9. The molecule has 0 amide bonds. The third-order valence-electron chi connectivity index (χ3n) is 2.48. The van der Waals surface area contributed by atoms with Gasteiger partial charge in [0.2, 0.25) is 10.0 Å². The minimum absolute atomic E-state index is 0. The first-order chi connectivity index (χ1) is 8.01. The average molecular weight is 297 g/mol. The van der Waals surface area contributed by atoms with Gasteiger partial charge in [-0.1, -0.05) is 0 Å². The summed E-state index contributed by atoms with van der Waals surface area (Å²) in [6.07, 6.45) is 0.929. The van der Waals surface area contributed by atoms with Crippen LogP contribution in [0.1, 0.15) is 0 Å². The van der Waals surface area contributed by atoms with Gasteiger partial charge in [-0.2, -0.15) is 4.31 Å². The Bertz CT molecular complexity index is 616. The van der Waals surface area contributed by atoms with Gasteiger partial charge in [-0.05, 0) is 0 Å². The van der Waals surface area contributed by atoms with E-state index in [-0.39, 0.29) is 12.4 Å². The number of hydrogen-bond acceptors (Lipinski definition) is 5. The highest BCUT2D eigenvalue weighted by Gasteiger charge is 2.28. The number of hydrogen-bond donors (Lipinski definition) is 3. The molecule has 1 aromatic rings. The Morgan fingerprint density at radius 1 is 1.17 bits per heavy atom. The maximum Gasteiger partial charge on any atom is 0.325 e. The molecule has 0 aliphatic carbocycles. The summed E-state index contributed by atoms with van der Waals surface area (Å²) in [6, 6.07) is 0. The fourth-order valence-corrected chi connectivity index (χ4v) is 3.05. The molecule has 0 aromatic carbocycles. The van der Waals surface area contributed by atoms with E-state index in [1.165, 1.54) is 4.31 Å². The highest BCUT2D eigenvalue weighted by Crippen LogP contribution is 2.10. The van der Waals surface area contributed by atoms with Crippen LogP contribution in [0.15, 0.2) is 20.7 Å². The minimum Gasteiger partial charge on any atom is -0.314 e. The number of piperazine rings is 1. The molecule has 0 saturated carbocycles. The number of halogens is 1. The maximum absolute atomic E-state index is 12.1. The zero-order chi connectivity index (χ0) is 12.5. The molecular formula is C8H13ClN4O4S. The van der Waals surface area contributed by atoms with Crippen LogP contribution in [-0.2, 0) is 10.0 Å². The lowest BCUT2D eigenvalue weighted by Crippen LogP contribution is -2.47. The van der Waals surface area contributed by atoms with Crippen molar-refractivity contribution in [1.82, 2.24) is 19.6 Å². The topological polar surface area (TPSA) is 115 Å². The first-order valence-electron chi connectivity index (χ1n) is 5.05. The van der Waals surface area contributed by atoms with Crippen LogP contribution in [0, 0.1) is 0 Å². The van der Waals surface area contributed by atoms with Gasteiger partial charge in [0, 0.05) is 32.4 Å². The summed E-state index contributed by atoms with van der Waals surface area (Å²) in [6.45, 7) is 1.70. The van der Waals surface area contributed by atoms with Crippen molar-refractivity contribution in [3.8, 4) is 0 Å². The zero-order valence-electron chi connectivity index (χ0n) is 9.30. The molecule has 1 aliphatic rings. The van der Waals surface area contributed by atoms with Crippen molar-refractivity contribution >= 4 is 22.4 Å². The van der Waals surface area contributed by atoms with Crippen molar-refractivity contribution in [2.45, 2.75) is 4.90 Å². The summed E-state index contributed by atoms with van der Waals surface area (Å²) >= 11 is 0. The van der Waals surface area contributed by atoms with Gasteiger partial charge in [0.15, 0.2) is 4.90 Å². The van der Waals surface area contributed by atoms with E-state index in [0.717, 1.165) is 6.20 Å². The molecule has 0 atom stereocenters. The third kappa shape index (κ3) is 2.80. The van der Waals surface area contributed by atoms with Gasteiger partial charge in [0.05, 0.1) is 0 Å². The number of nitrogens with one attached hydrogen (secondary N) is 3. The molecule has 18 heavy (non-hydrogen) atoms. The lowest BCUT2D eigenvalue weighted by atomic mass is 10.4. The van der Waals surface area contributed by atoms with Gasteiger partial charge < -0.3 is 10.3 Å². The van der Waals surface area contributed by atoms with E-state index < -0.39 is 26.2 Å². The number of sulfonamides is 1. The molecule has 0 spiro atoms. The average Bonchev–Trinajstić information content (AvgIpc) is 2.29. The van der Waals surface area contributed by atoms with Gasteiger partial charge in [0.1, 0.15) is 0 Å². The van der Waals surface area contributed by atoms with Crippen LogP contribution in [-0.4, -0.2) is 48.9 Å². The Kier molecular flexibility index (Phi) is 4.68. The first-order valence-corrected chi connectivity index (χ1v) is 6.49. The van der Waals surface area contributed by atoms with Gasteiger partial charge >= 0.3 is 5.69 Å². The summed E-state index contributed by atoms with van der Waals surface area (Å²) in [7, 11) is -3.83. The largest absolute Gasteiger partial charge is 0.325 e. The Balaban J connectivity index is 0.00000162. The summed E-state index contributed by atoms with van der Waals surface area (Å²) in [5.41, 5.74) is -1.62. The third-order valence-corrected chi connectivity index (χ3v) is 4.38. The molecule has 2 heterocycles. The second-order valence-electron chi connectivity index (χ2n) is 3.59. The second-order valence-corrected chi connectivity index (χ2v) is 5.50. The molecule has 1 aromatic heterocycles. The Morgan fingerprint density at radius 2 is 1.78 bits per heavy atom. The van der Waals surface area contributed by atoms with E-state index in [4.69, 9.17) is 0 Å². The smallest absolute Gasteiger partial charge is 0.314 e. The van der Waals surface area contributed by atoms with Gasteiger partial charge in [-0.3, -0.25) is 9.78 Å². The Morgan fingerprint density at radius 3 is 2.33 bits per heavy atom. The fraction of sp³-hybridized carbons (Fsp3) is 0.500. The van der Waals surface area contributed by atoms with E-state index >= 15 is 0 Å². The van der Waals surface area contributed by atoms with Gasteiger partial charge in [0.25, 0.3) is 5.56 Å². The van der Waals surface area contributed by atoms with Crippen LogP contribution in [0.2, 0.25) is 0 Å². The number of H-pyrrole nitrogens is 2. The number of aromatic amines is 2. The lowest BCUT2D eigenvalue weighted by Gasteiger charge is -2.25. The van der Waals surface area contributed by atoms with Crippen LogP contribution in [0.5, 0.6) is 0 Å². The van der Waals surface area contributed by atoms with Gasteiger partial charge in [-0.15, -0.1) is 12.4 Å². The molecule has 2 rings (SSSR count). The van der Waals surface area contributed by atoms with Crippen LogP contribution < -0.4 is 16.6 Å². The maximum atomic E-state index is 12.1. The molecule has 0 radical (unpaired) electrons. The fourth-order valence-electron chi connectivity index (χ4n) is 1.61. The Hall–Kier alpha value is -1.16. The molecule has 8 nitrogen and oxygen atoms in total. The molecule has 3 N–H and O–H groups in total. The molecule has 0 bridgehead atoms. The normalized spacial score (nSPS) is 17.1. The monoisotopic (exact) mass is 296 g/mol. The number of rotatable bonds is 2. The number of nitrogens with zero attached hydrogens (tertiary/aromatic N) is 1. The Labute approximate surface area is 109 Å². The van der Waals surface area contributed by atoms with Crippen LogP contribution >= 0.6 is 12.4 Å². The predicted molar refractivity (Wildman–Crippen MR) is 66.6 cm³/mol. The molecule has 1 saturated heterocycles. The van der Waals surface area contributed by atoms with Crippen molar-refractivity contribution < 1.29 is 8.42 Å². The van der Waals surface area contributed by atoms with Crippen LogP contribution in [0.25, 0.3) is 0 Å². The summed E-state index contributed by atoms with van der Waals surface area (Å²) in [5, 5.41) is 3.01. The molecule has 1 fully saturated rings. The van der Waals surface area contributed by atoms with E-state index in [1.807, 2.05) is 4.98 Å². The standard InChI is InChI=1S/C8H12N4O4S.ClH/c13-7-6(5-10-8(14)11-7)17(15,16)12-3-1-9-2-4-12;/h5,9H,1-4H2,(H2,10,11,13,14);1H. The highest BCUT2D eigenvalue weighted by atomic mass is 35.5. The zero-order valence-corrected chi connectivity index (χ0v) is 10.9. The van der Waals surface area contributed by atoms with E-state index in [9.17, 15) is 18.0 Å². The molecule has 102 valence electrons. The lowest BCUT2D eigenvalue weighted by molar-refractivity contribution is 0.359. The predicted octanol–water partition coefficient (Wildman–Crippen LogP) is -1.92. The SMILES string of the molecule is Cl.O=c1[nH]cc(S(=O)(=O)N2CCNCC2)c(=O)[nH]1. The van der Waals surface area contributed by atoms with Crippen molar-refractivity contribution in [3.63, 3.8) is 0 Å². The summed E-state index contributed by atoms with van der Waals surface area (Å²) in [4.78, 5) is 25.9. The highest BCUT2D eigenvalue weighted by molar-refractivity contribution is 7.89. The summed E-state index contributed by atoms with van der Waals surface area (Å²) < 4.78 is 25.4.